The van der Waals surface area contributed by atoms with Crippen molar-refractivity contribution in [3.05, 3.63) is 54.1 Å². The highest BCUT2D eigenvalue weighted by atomic mass is 32.2. The zero-order valence-electron chi connectivity index (χ0n) is 16.1. The first-order valence-electron chi connectivity index (χ1n) is 9.02. The summed E-state index contributed by atoms with van der Waals surface area (Å²) < 4.78 is 36.8. The maximum Gasteiger partial charge on any atom is 0.244 e. The average molecular weight is 404 g/mol. The van der Waals surface area contributed by atoms with Gasteiger partial charge in [-0.3, -0.25) is 9.10 Å². The van der Waals surface area contributed by atoms with Crippen LogP contribution >= 0.6 is 0 Å². The topological polar surface area (TPSA) is 84.9 Å². The van der Waals surface area contributed by atoms with E-state index in [1.165, 1.54) is 0 Å². The number of para-hydroxylation sites is 1. The lowest BCUT2D eigenvalue weighted by atomic mass is 10.1. The first kappa shape index (κ1) is 20.0. The first-order valence-corrected chi connectivity index (χ1v) is 10.9. The number of carbonyl (C=O) groups is 1. The van der Waals surface area contributed by atoms with E-state index in [4.69, 9.17) is 9.47 Å². The van der Waals surface area contributed by atoms with E-state index in [1.807, 2.05) is 25.1 Å². The van der Waals surface area contributed by atoms with Gasteiger partial charge in [-0.25, -0.2) is 8.42 Å². The maximum absolute atomic E-state index is 12.8. The predicted molar refractivity (Wildman–Crippen MR) is 107 cm³/mol. The Bertz CT molecular complexity index is 946. The maximum atomic E-state index is 12.8. The van der Waals surface area contributed by atoms with E-state index in [9.17, 15) is 13.2 Å². The lowest BCUT2D eigenvalue weighted by molar-refractivity contribution is -0.122. The summed E-state index contributed by atoms with van der Waals surface area (Å²) in [5, 5.41) is 2.88. The van der Waals surface area contributed by atoms with Gasteiger partial charge in [0.05, 0.1) is 18.0 Å². The Kier molecular flexibility index (Phi) is 5.79. The molecule has 0 fully saturated rings. The van der Waals surface area contributed by atoms with E-state index in [0.717, 1.165) is 16.1 Å². The molecule has 0 saturated heterocycles. The van der Waals surface area contributed by atoms with Crippen molar-refractivity contribution in [2.24, 2.45) is 0 Å². The molecule has 0 aromatic heterocycles. The molecule has 3 rings (SSSR count). The van der Waals surface area contributed by atoms with E-state index in [1.54, 1.807) is 37.3 Å². The second kappa shape index (κ2) is 8.10. The Morgan fingerprint density at radius 3 is 2.32 bits per heavy atom. The fourth-order valence-corrected chi connectivity index (χ4v) is 4.31. The van der Waals surface area contributed by atoms with E-state index in [0.29, 0.717) is 30.4 Å². The lowest BCUT2D eigenvalue weighted by Gasteiger charge is -2.29. The minimum atomic E-state index is -3.64. The molecule has 2 aromatic carbocycles. The monoisotopic (exact) mass is 404 g/mol. The molecule has 150 valence electrons. The zero-order chi connectivity index (χ0) is 20.3. The molecule has 1 amide bonds. The number of ether oxygens (including phenoxy) is 2. The third kappa shape index (κ3) is 4.39. The molecule has 0 saturated carbocycles. The Morgan fingerprint density at radius 1 is 1.04 bits per heavy atom. The minimum Gasteiger partial charge on any atom is -0.486 e. The molecule has 0 radical (unpaired) electrons. The van der Waals surface area contributed by atoms with Gasteiger partial charge in [-0.05, 0) is 43.7 Å². The molecule has 8 heteroatoms. The van der Waals surface area contributed by atoms with Gasteiger partial charge in [-0.2, -0.15) is 0 Å². The molecule has 7 nitrogen and oxygen atoms in total. The van der Waals surface area contributed by atoms with Crippen molar-refractivity contribution in [1.82, 2.24) is 5.32 Å². The van der Waals surface area contributed by atoms with Crippen LogP contribution in [0.3, 0.4) is 0 Å². The van der Waals surface area contributed by atoms with Crippen LogP contribution in [0, 0.1) is 0 Å². The molecule has 0 unspecified atom stereocenters. The van der Waals surface area contributed by atoms with Gasteiger partial charge < -0.3 is 14.8 Å². The summed E-state index contributed by atoms with van der Waals surface area (Å²) in [5.41, 5.74) is 1.29. The van der Waals surface area contributed by atoms with Crippen LogP contribution in [0.1, 0.15) is 25.5 Å². The number of benzene rings is 2. The molecule has 1 N–H and O–H groups in total. The Hall–Kier alpha value is -2.74. The molecule has 2 aromatic rings. The summed E-state index contributed by atoms with van der Waals surface area (Å²) >= 11 is 0. The Balaban J connectivity index is 1.77. The summed E-state index contributed by atoms with van der Waals surface area (Å²) in [5.74, 6) is 0.922. The fourth-order valence-electron chi connectivity index (χ4n) is 3.13. The number of nitrogens with zero attached hydrogens (tertiary/aromatic N) is 1. The summed E-state index contributed by atoms with van der Waals surface area (Å²) in [6.07, 6.45) is 1.09. The molecule has 2 atom stereocenters. The van der Waals surface area contributed by atoms with E-state index in [-0.39, 0.29) is 6.04 Å². The summed E-state index contributed by atoms with van der Waals surface area (Å²) in [6.45, 7) is 4.40. The number of hydrogen-bond donors (Lipinski definition) is 1. The Morgan fingerprint density at radius 2 is 1.68 bits per heavy atom. The van der Waals surface area contributed by atoms with Gasteiger partial charge in [0.15, 0.2) is 11.5 Å². The molecular formula is C20H24N2O5S. The SMILES string of the molecule is C[C@H](NC(=O)[C@H](C)N(c1ccccc1)S(C)(=O)=O)c1ccc2c(c1)OCCO2. The van der Waals surface area contributed by atoms with Crippen LogP contribution in [0.15, 0.2) is 48.5 Å². The largest absolute Gasteiger partial charge is 0.486 e. The number of amides is 1. The highest BCUT2D eigenvalue weighted by Crippen LogP contribution is 2.32. The van der Waals surface area contributed by atoms with Crippen molar-refractivity contribution in [3.63, 3.8) is 0 Å². The van der Waals surface area contributed by atoms with Crippen molar-refractivity contribution in [2.75, 3.05) is 23.8 Å². The molecule has 1 aliphatic rings. The van der Waals surface area contributed by atoms with E-state index < -0.39 is 22.0 Å². The van der Waals surface area contributed by atoms with Crippen LogP contribution in [-0.4, -0.2) is 39.8 Å². The molecular weight excluding hydrogens is 380 g/mol. The highest BCUT2D eigenvalue weighted by molar-refractivity contribution is 7.92. The second-order valence-corrected chi connectivity index (χ2v) is 8.56. The number of sulfonamides is 1. The smallest absolute Gasteiger partial charge is 0.244 e. The molecule has 0 spiro atoms. The van der Waals surface area contributed by atoms with Gasteiger partial charge in [0.25, 0.3) is 0 Å². The van der Waals surface area contributed by atoms with Gasteiger partial charge in [-0.15, -0.1) is 0 Å². The van der Waals surface area contributed by atoms with Crippen molar-refractivity contribution >= 4 is 21.6 Å². The molecule has 1 heterocycles. The summed E-state index contributed by atoms with van der Waals surface area (Å²) in [7, 11) is -3.64. The average Bonchev–Trinajstić information content (AvgIpc) is 2.67. The predicted octanol–water partition coefficient (Wildman–Crippen LogP) is 2.49. The van der Waals surface area contributed by atoms with Crippen molar-refractivity contribution < 1.29 is 22.7 Å². The van der Waals surface area contributed by atoms with E-state index in [2.05, 4.69) is 5.32 Å². The second-order valence-electron chi connectivity index (χ2n) is 6.70. The standard InChI is InChI=1S/C20H24N2O5S/c1-14(16-9-10-18-19(13-16)27-12-11-26-18)21-20(23)15(2)22(28(3,24)25)17-7-5-4-6-8-17/h4-10,13-15H,11-12H2,1-3H3,(H,21,23)/t14-,15-/m0/s1. The summed E-state index contributed by atoms with van der Waals surface area (Å²) in [4.78, 5) is 12.8. The van der Waals surface area contributed by atoms with Gasteiger partial charge in [0, 0.05) is 0 Å². The molecule has 1 aliphatic heterocycles. The Labute approximate surface area is 165 Å². The van der Waals surface area contributed by atoms with Crippen LogP contribution in [0.5, 0.6) is 11.5 Å². The minimum absolute atomic E-state index is 0.331. The third-order valence-electron chi connectivity index (χ3n) is 4.52. The molecule has 28 heavy (non-hydrogen) atoms. The quantitative estimate of drug-likeness (QED) is 0.800. The zero-order valence-corrected chi connectivity index (χ0v) is 16.9. The lowest BCUT2D eigenvalue weighted by Crippen LogP contribution is -2.48. The van der Waals surface area contributed by atoms with Crippen molar-refractivity contribution in [2.45, 2.75) is 25.9 Å². The van der Waals surface area contributed by atoms with Crippen LogP contribution in [0.2, 0.25) is 0 Å². The van der Waals surface area contributed by atoms with E-state index >= 15 is 0 Å². The third-order valence-corrected chi connectivity index (χ3v) is 5.77. The van der Waals surface area contributed by atoms with Gasteiger partial charge in [0.2, 0.25) is 15.9 Å². The normalized spacial score (nSPS) is 15.4. The van der Waals surface area contributed by atoms with Crippen LogP contribution in [-0.2, 0) is 14.8 Å². The molecule has 0 aliphatic carbocycles. The van der Waals surface area contributed by atoms with Gasteiger partial charge in [-0.1, -0.05) is 24.3 Å². The van der Waals surface area contributed by atoms with Crippen LogP contribution in [0.4, 0.5) is 5.69 Å². The molecule has 0 bridgehead atoms. The number of hydrogen-bond acceptors (Lipinski definition) is 5. The van der Waals surface area contributed by atoms with Gasteiger partial charge in [0.1, 0.15) is 19.3 Å². The first-order chi connectivity index (χ1) is 13.3. The van der Waals surface area contributed by atoms with Crippen molar-refractivity contribution in [1.29, 1.82) is 0 Å². The number of rotatable bonds is 6. The summed E-state index contributed by atoms with van der Waals surface area (Å²) in [6, 6.07) is 12.8. The number of nitrogens with one attached hydrogen (secondary N) is 1. The van der Waals surface area contributed by atoms with Crippen LogP contribution < -0.4 is 19.1 Å². The number of carbonyl (C=O) groups excluding carboxylic acids is 1. The van der Waals surface area contributed by atoms with Gasteiger partial charge >= 0.3 is 0 Å². The van der Waals surface area contributed by atoms with Crippen molar-refractivity contribution in [3.8, 4) is 11.5 Å². The van der Waals surface area contributed by atoms with Crippen LogP contribution in [0.25, 0.3) is 0 Å². The fraction of sp³-hybridized carbons (Fsp3) is 0.350. The highest BCUT2D eigenvalue weighted by Gasteiger charge is 2.30. The number of anilines is 1. The number of fused-ring (bicyclic) bond motifs is 1.